The zero-order valence-electron chi connectivity index (χ0n) is 19.3. The van der Waals surface area contributed by atoms with Crippen molar-refractivity contribution in [1.82, 2.24) is 5.32 Å². The molecule has 0 spiro atoms. The van der Waals surface area contributed by atoms with Crippen molar-refractivity contribution in [3.05, 3.63) is 95.6 Å². The van der Waals surface area contributed by atoms with Crippen molar-refractivity contribution >= 4 is 33.2 Å². The molecule has 0 aliphatic heterocycles. The molecule has 0 saturated carbocycles. The predicted octanol–water partition coefficient (Wildman–Crippen LogP) is 4.25. The third-order valence-electron chi connectivity index (χ3n) is 5.32. The van der Waals surface area contributed by atoms with E-state index in [0.717, 1.165) is 24.0 Å². The molecule has 2 N–H and O–H groups in total. The van der Waals surface area contributed by atoms with Crippen LogP contribution in [0.5, 0.6) is 0 Å². The molecule has 0 fully saturated rings. The molecule has 184 valence electrons. The number of nitrogens with one attached hydrogen (secondary N) is 2. The number of benzene rings is 3. The van der Waals surface area contributed by atoms with Crippen molar-refractivity contribution in [3.8, 4) is 0 Å². The number of hydrogen-bond acceptors (Lipinski definition) is 4. The van der Waals surface area contributed by atoms with E-state index in [9.17, 15) is 26.8 Å². The topological polar surface area (TPSA) is 95.6 Å². The average molecular weight is 502 g/mol. The van der Waals surface area contributed by atoms with Crippen molar-refractivity contribution < 1.29 is 26.8 Å². The van der Waals surface area contributed by atoms with E-state index in [0.29, 0.717) is 10.4 Å². The average Bonchev–Trinajstić information content (AvgIpc) is 2.81. The Morgan fingerprint density at radius 2 is 1.51 bits per heavy atom. The van der Waals surface area contributed by atoms with E-state index >= 15 is 0 Å². The fourth-order valence-electron chi connectivity index (χ4n) is 3.56. The maximum absolute atomic E-state index is 13.8. The number of hydrogen-bond donors (Lipinski definition) is 2. The standard InChI is InChI=1S/C25H25F2N3O4S/c1-16(18-9-5-4-6-10-18)28-25(32)20-11-7-8-12-23(20)29-24(31)17(2)30(35(3,33)34)19-13-14-21(26)22(27)15-19/h4-17H,1-3H3,(H,28,32)(H,29,31)/t16-,17+/m1/s1. The Bertz CT molecular complexity index is 1330. The van der Waals surface area contributed by atoms with Crippen molar-refractivity contribution in [1.29, 1.82) is 0 Å². The minimum absolute atomic E-state index is 0.167. The Kier molecular flexibility index (Phi) is 7.85. The van der Waals surface area contributed by atoms with Gasteiger partial charge in [0.1, 0.15) is 6.04 Å². The Hall–Kier alpha value is -3.79. The van der Waals surface area contributed by atoms with Crippen molar-refractivity contribution in [2.75, 3.05) is 15.9 Å². The predicted molar refractivity (Wildman–Crippen MR) is 131 cm³/mol. The van der Waals surface area contributed by atoms with Gasteiger partial charge in [-0.25, -0.2) is 17.2 Å². The van der Waals surface area contributed by atoms with Gasteiger partial charge in [0.2, 0.25) is 15.9 Å². The van der Waals surface area contributed by atoms with E-state index in [2.05, 4.69) is 10.6 Å². The van der Waals surface area contributed by atoms with Crippen LogP contribution in [0.3, 0.4) is 0 Å². The first-order chi connectivity index (χ1) is 16.5. The highest BCUT2D eigenvalue weighted by molar-refractivity contribution is 7.92. The molecule has 0 aliphatic rings. The molecule has 3 aromatic carbocycles. The number of nitrogens with zero attached hydrogens (tertiary/aromatic N) is 1. The lowest BCUT2D eigenvalue weighted by Crippen LogP contribution is -2.45. The molecule has 0 aromatic heterocycles. The molecule has 0 unspecified atom stereocenters. The van der Waals surface area contributed by atoms with E-state index in [1.165, 1.54) is 19.1 Å². The van der Waals surface area contributed by atoms with Crippen LogP contribution >= 0.6 is 0 Å². The third kappa shape index (κ3) is 6.21. The number of sulfonamides is 1. The van der Waals surface area contributed by atoms with Gasteiger partial charge in [0.05, 0.1) is 29.2 Å². The largest absolute Gasteiger partial charge is 0.345 e. The van der Waals surface area contributed by atoms with E-state index in [-0.39, 0.29) is 23.0 Å². The van der Waals surface area contributed by atoms with Gasteiger partial charge in [-0.15, -0.1) is 0 Å². The van der Waals surface area contributed by atoms with Gasteiger partial charge in [-0.3, -0.25) is 13.9 Å². The minimum Gasteiger partial charge on any atom is -0.345 e. The Labute approximate surface area is 202 Å². The Morgan fingerprint density at radius 3 is 2.14 bits per heavy atom. The maximum Gasteiger partial charge on any atom is 0.253 e. The molecular formula is C25H25F2N3O4S. The summed E-state index contributed by atoms with van der Waals surface area (Å²) in [5.74, 6) is -3.61. The second-order valence-corrected chi connectivity index (χ2v) is 9.83. The number of amides is 2. The Balaban J connectivity index is 1.83. The second kappa shape index (κ2) is 10.6. The highest BCUT2D eigenvalue weighted by Gasteiger charge is 2.30. The van der Waals surface area contributed by atoms with Gasteiger partial charge in [-0.2, -0.15) is 0 Å². The van der Waals surface area contributed by atoms with Crippen molar-refractivity contribution in [3.63, 3.8) is 0 Å². The lowest BCUT2D eigenvalue weighted by Gasteiger charge is -2.28. The van der Waals surface area contributed by atoms with Crippen LogP contribution in [0.15, 0.2) is 72.8 Å². The lowest BCUT2D eigenvalue weighted by atomic mass is 10.1. The van der Waals surface area contributed by atoms with Gasteiger partial charge >= 0.3 is 0 Å². The molecule has 0 bridgehead atoms. The molecule has 7 nitrogen and oxygen atoms in total. The first kappa shape index (κ1) is 25.8. The molecule has 0 aliphatic carbocycles. The smallest absolute Gasteiger partial charge is 0.253 e. The van der Waals surface area contributed by atoms with Crippen LogP contribution in [0.1, 0.15) is 35.8 Å². The van der Waals surface area contributed by atoms with Crippen LogP contribution in [0.25, 0.3) is 0 Å². The lowest BCUT2D eigenvalue weighted by molar-refractivity contribution is -0.116. The van der Waals surface area contributed by atoms with E-state index in [4.69, 9.17) is 0 Å². The summed E-state index contributed by atoms with van der Waals surface area (Å²) in [4.78, 5) is 26.0. The SMILES string of the molecule is C[C@@H](NC(=O)c1ccccc1NC(=O)[C@H](C)N(c1ccc(F)c(F)c1)S(C)(=O)=O)c1ccccc1. The molecule has 3 aromatic rings. The molecule has 2 atom stereocenters. The quantitative estimate of drug-likeness (QED) is 0.483. The molecule has 0 saturated heterocycles. The fourth-order valence-corrected chi connectivity index (χ4v) is 4.72. The summed E-state index contributed by atoms with van der Waals surface area (Å²) in [7, 11) is -4.05. The van der Waals surface area contributed by atoms with Gasteiger partial charge in [0.15, 0.2) is 11.6 Å². The van der Waals surface area contributed by atoms with Crippen LogP contribution in [-0.4, -0.2) is 32.5 Å². The van der Waals surface area contributed by atoms with E-state index in [1.54, 1.807) is 12.1 Å². The summed E-state index contributed by atoms with van der Waals surface area (Å²) >= 11 is 0. The molecular weight excluding hydrogens is 476 g/mol. The molecule has 2 amide bonds. The molecule has 3 rings (SSSR count). The number of para-hydroxylation sites is 1. The summed E-state index contributed by atoms with van der Waals surface area (Å²) in [5, 5.41) is 5.44. The number of anilines is 2. The van der Waals surface area contributed by atoms with Crippen molar-refractivity contribution in [2.45, 2.75) is 25.9 Å². The van der Waals surface area contributed by atoms with Crippen LogP contribution in [-0.2, 0) is 14.8 Å². The normalized spacial score (nSPS) is 12.9. The molecule has 10 heteroatoms. The van der Waals surface area contributed by atoms with E-state index < -0.39 is 39.5 Å². The summed E-state index contributed by atoms with van der Waals surface area (Å²) in [6.45, 7) is 3.13. The highest BCUT2D eigenvalue weighted by atomic mass is 32.2. The minimum atomic E-state index is -4.05. The van der Waals surface area contributed by atoms with Gasteiger partial charge in [-0.05, 0) is 43.7 Å². The van der Waals surface area contributed by atoms with Gasteiger partial charge in [0, 0.05) is 6.07 Å². The summed E-state index contributed by atoms with van der Waals surface area (Å²) in [6, 6.07) is 16.5. The van der Waals surface area contributed by atoms with Crippen LogP contribution in [0, 0.1) is 11.6 Å². The highest BCUT2D eigenvalue weighted by Crippen LogP contribution is 2.25. The summed E-state index contributed by atoms with van der Waals surface area (Å²) in [6.07, 6.45) is 0.852. The van der Waals surface area contributed by atoms with Crippen LogP contribution < -0.4 is 14.9 Å². The van der Waals surface area contributed by atoms with Gasteiger partial charge in [-0.1, -0.05) is 42.5 Å². The van der Waals surface area contributed by atoms with E-state index in [1.807, 2.05) is 37.3 Å². The van der Waals surface area contributed by atoms with Gasteiger partial charge < -0.3 is 10.6 Å². The maximum atomic E-state index is 13.8. The third-order valence-corrected chi connectivity index (χ3v) is 6.56. The summed E-state index contributed by atoms with van der Waals surface area (Å²) < 4.78 is 52.7. The van der Waals surface area contributed by atoms with Gasteiger partial charge in [0.25, 0.3) is 5.91 Å². The van der Waals surface area contributed by atoms with Crippen molar-refractivity contribution in [2.24, 2.45) is 0 Å². The number of carbonyl (C=O) groups excluding carboxylic acids is 2. The summed E-state index contributed by atoms with van der Waals surface area (Å²) in [5.41, 5.74) is 1.03. The first-order valence-corrected chi connectivity index (χ1v) is 12.5. The number of halogens is 2. The van der Waals surface area contributed by atoms with Crippen LogP contribution in [0.4, 0.5) is 20.2 Å². The zero-order valence-corrected chi connectivity index (χ0v) is 20.1. The zero-order chi connectivity index (χ0) is 25.8. The number of rotatable bonds is 8. The monoisotopic (exact) mass is 501 g/mol. The molecule has 0 radical (unpaired) electrons. The fraction of sp³-hybridized carbons (Fsp3) is 0.200. The Morgan fingerprint density at radius 1 is 0.886 bits per heavy atom. The first-order valence-electron chi connectivity index (χ1n) is 10.7. The second-order valence-electron chi connectivity index (χ2n) is 7.97. The molecule has 0 heterocycles. The molecule has 35 heavy (non-hydrogen) atoms. The van der Waals surface area contributed by atoms with Crippen LogP contribution in [0.2, 0.25) is 0 Å². The number of carbonyl (C=O) groups is 2.